The van der Waals surface area contributed by atoms with Crippen molar-refractivity contribution in [3.05, 3.63) is 29.6 Å². The maximum Gasteiger partial charge on any atom is 0.409 e. The first-order valence-corrected chi connectivity index (χ1v) is 11.9. The fourth-order valence-corrected chi connectivity index (χ4v) is 5.78. The van der Waals surface area contributed by atoms with Crippen molar-refractivity contribution >= 4 is 17.7 Å². The van der Waals surface area contributed by atoms with Crippen LogP contribution >= 0.6 is 0 Å². The third kappa shape index (κ3) is 3.67. The Bertz CT molecular complexity index is 909. The minimum absolute atomic E-state index is 0. The summed E-state index contributed by atoms with van der Waals surface area (Å²) in [5.74, 6) is -0.521. The molecule has 1 aromatic carbocycles. The van der Waals surface area contributed by atoms with Crippen LogP contribution in [0.3, 0.4) is 0 Å². The van der Waals surface area contributed by atoms with E-state index in [4.69, 9.17) is 4.74 Å². The summed E-state index contributed by atoms with van der Waals surface area (Å²) < 4.78 is 19.3. The molecule has 1 aliphatic carbocycles. The van der Waals surface area contributed by atoms with E-state index in [-0.39, 0.29) is 24.7 Å². The van der Waals surface area contributed by atoms with Crippen molar-refractivity contribution in [2.75, 3.05) is 44.2 Å². The molecule has 2 amide bonds. The monoisotopic (exact) mass is 447 g/mol. The molecule has 1 spiro atoms. The molecule has 2 saturated heterocycles. The number of likely N-dealkylation sites (tertiary alicyclic amines) is 2. The lowest BCUT2D eigenvalue weighted by Crippen LogP contribution is -2.53. The van der Waals surface area contributed by atoms with E-state index in [2.05, 4.69) is 4.90 Å². The Kier molecular flexibility index (Phi) is 5.40. The van der Waals surface area contributed by atoms with Crippen molar-refractivity contribution in [1.29, 1.82) is 0 Å². The molecule has 0 aromatic heterocycles. The molecule has 3 aliphatic heterocycles. The Morgan fingerprint density at radius 3 is 2.47 bits per heavy atom. The number of nitrogens with zero attached hydrogens (tertiary/aromatic N) is 3. The number of aliphatic hydroxyl groups is 1. The standard InChI is InChI=1S/C24H32FN3O4.H2/c1-2-32-22(30)27-11-5-18(6-12-27)26-13-9-23(10-14-26)16-28(21(29)24(31)7-8-24)20-4-3-17(25)15-19(20)23;/h3-4,15,18,31H,2,5-14,16H2,1H3;1H. The molecule has 0 unspecified atom stereocenters. The van der Waals surface area contributed by atoms with Gasteiger partial charge in [-0.3, -0.25) is 4.79 Å². The van der Waals surface area contributed by atoms with Gasteiger partial charge in [-0.1, -0.05) is 0 Å². The van der Waals surface area contributed by atoms with Crippen LogP contribution in [0.2, 0.25) is 0 Å². The number of anilines is 1. The van der Waals surface area contributed by atoms with Crippen molar-refractivity contribution in [1.82, 2.24) is 9.80 Å². The number of fused-ring (bicyclic) bond motifs is 2. The average molecular weight is 448 g/mol. The van der Waals surface area contributed by atoms with E-state index in [0.717, 1.165) is 50.0 Å². The molecule has 0 atom stereocenters. The van der Waals surface area contributed by atoms with Crippen molar-refractivity contribution in [2.24, 2.45) is 0 Å². The lowest BCUT2D eigenvalue weighted by Gasteiger charge is -2.45. The van der Waals surface area contributed by atoms with E-state index in [9.17, 15) is 19.1 Å². The molecule has 1 saturated carbocycles. The highest BCUT2D eigenvalue weighted by atomic mass is 19.1. The summed E-state index contributed by atoms with van der Waals surface area (Å²) in [6.45, 7) is 5.91. The second-order valence-electron chi connectivity index (χ2n) is 9.82. The smallest absolute Gasteiger partial charge is 0.409 e. The molecule has 0 radical (unpaired) electrons. The van der Waals surface area contributed by atoms with Gasteiger partial charge in [0.1, 0.15) is 11.4 Å². The first kappa shape index (κ1) is 21.6. The first-order valence-electron chi connectivity index (χ1n) is 11.9. The molecule has 0 bridgehead atoms. The van der Waals surface area contributed by atoms with E-state index >= 15 is 0 Å². The summed E-state index contributed by atoms with van der Waals surface area (Å²) in [5.41, 5.74) is 0.172. The zero-order valence-corrected chi connectivity index (χ0v) is 18.7. The molecule has 32 heavy (non-hydrogen) atoms. The highest BCUT2D eigenvalue weighted by molar-refractivity contribution is 6.03. The number of carbonyl (C=O) groups excluding carboxylic acids is 2. The van der Waals surface area contributed by atoms with Gasteiger partial charge in [0.2, 0.25) is 0 Å². The first-order chi connectivity index (χ1) is 15.3. The molecule has 5 rings (SSSR count). The molecule has 8 heteroatoms. The van der Waals surface area contributed by atoms with Gasteiger partial charge in [0.25, 0.3) is 5.91 Å². The van der Waals surface area contributed by atoms with Crippen LogP contribution in [-0.4, -0.2) is 77.9 Å². The molecule has 1 aromatic rings. The fourth-order valence-electron chi connectivity index (χ4n) is 5.78. The van der Waals surface area contributed by atoms with Crippen molar-refractivity contribution < 1.29 is 25.2 Å². The van der Waals surface area contributed by atoms with E-state index in [1.54, 1.807) is 21.9 Å². The van der Waals surface area contributed by atoms with Gasteiger partial charge >= 0.3 is 6.09 Å². The van der Waals surface area contributed by atoms with Crippen LogP contribution in [0.4, 0.5) is 14.9 Å². The van der Waals surface area contributed by atoms with Crippen LogP contribution < -0.4 is 4.90 Å². The van der Waals surface area contributed by atoms with Crippen molar-refractivity contribution in [2.45, 2.75) is 62.5 Å². The van der Waals surface area contributed by atoms with E-state index < -0.39 is 5.60 Å². The van der Waals surface area contributed by atoms with Gasteiger partial charge in [-0.05, 0) is 82.3 Å². The lowest BCUT2D eigenvalue weighted by atomic mass is 9.74. The number of ether oxygens (including phenoxy) is 1. The van der Waals surface area contributed by atoms with Gasteiger partial charge in [-0.15, -0.1) is 0 Å². The Balaban J connectivity index is 0.00000259. The number of piperidine rings is 2. The molecular formula is C24H34FN3O4. The SMILES string of the molecule is CCOC(=O)N1CCC(N2CCC3(CC2)CN(C(=O)C2(O)CC2)c2ccc(F)cc23)CC1.[HH]. The second kappa shape index (κ2) is 7.99. The molecular weight excluding hydrogens is 413 g/mol. The summed E-state index contributed by atoms with van der Waals surface area (Å²) in [5, 5.41) is 10.4. The summed E-state index contributed by atoms with van der Waals surface area (Å²) in [7, 11) is 0. The van der Waals surface area contributed by atoms with Crippen LogP contribution in [0.1, 0.15) is 52.4 Å². The largest absolute Gasteiger partial charge is 0.450 e. The number of hydrogen-bond donors (Lipinski definition) is 1. The molecule has 4 aliphatic rings. The van der Waals surface area contributed by atoms with Gasteiger partial charge in [-0.2, -0.15) is 0 Å². The van der Waals surface area contributed by atoms with Gasteiger partial charge < -0.3 is 24.5 Å². The number of rotatable bonds is 3. The zero-order chi connectivity index (χ0) is 22.5. The van der Waals surface area contributed by atoms with Gasteiger partial charge in [0.15, 0.2) is 0 Å². The summed E-state index contributed by atoms with van der Waals surface area (Å²) in [4.78, 5) is 30.9. The van der Waals surface area contributed by atoms with Crippen molar-refractivity contribution in [3.8, 4) is 0 Å². The Morgan fingerprint density at radius 2 is 1.84 bits per heavy atom. The van der Waals surface area contributed by atoms with E-state index in [1.807, 2.05) is 6.92 Å². The van der Waals surface area contributed by atoms with E-state index in [1.165, 1.54) is 6.07 Å². The van der Waals surface area contributed by atoms with Gasteiger partial charge in [0.05, 0.1) is 6.61 Å². The van der Waals surface area contributed by atoms with Gasteiger partial charge in [-0.25, -0.2) is 9.18 Å². The Morgan fingerprint density at radius 1 is 1.16 bits per heavy atom. The number of amides is 2. The minimum atomic E-state index is -1.23. The summed E-state index contributed by atoms with van der Waals surface area (Å²) >= 11 is 0. The topological polar surface area (TPSA) is 73.3 Å². The Labute approximate surface area is 189 Å². The number of benzene rings is 1. The number of halogens is 1. The van der Waals surface area contributed by atoms with Crippen LogP contribution in [0.5, 0.6) is 0 Å². The van der Waals surface area contributed by atoms with Gasteiger partial charge in [0, 0.05) is 38.2 Å². The number of carbonyl (C=O) groups is 2. The molecule has 1 N–H and O–H groups in total. The third-order valence-corrected chi connectivity index (χ3v) is 7.91. The van der Waals surface area contributed by atoms with E-state index in [0.29, 0.717) is 45.1 Å². The van der Waals surface area contributed by atoms with Crippen molar-refractivity contribution in [3.63, 3.8) is 0 Å². The molecule has 7 nitrogen and oxygen atoms in total. The van der Waals surface area contributed by atoms with Crippen LogP contribution in [-0.2, 0) is 14.9 Å². The molecule has 176 valence electrons. The van der Waals surface area contributed by atoms with Crippen LogP contribution in [0, 0.1) is 5.82 Å². The van der Waals surface area contributed by atoms with Crippen LogP contribution in [0.15, 0.2) is 18.2 Å². The quantitative estimate of drug-likeness (QED) is 0.771. The second-order valence-corrected chi connectivity index (χ2v) is 9.82. The molecule has 3 fully saturated rings. The summed E-state index contributed by atoms with van der Waals surface area (Å²) in [6.07, 6.45) is 4.33. The molecule has 3 heterocycles. The predicted molar refractivity (Wildman–Crippen MR) is 119 cm³/mol. The zero-order valence-electron chi connectivity index (χ0n) is 18.7. The predicted octanol–water partition coefficient (Wildman–Crippen LogP) is 2.90. The summed E-state index contributed by atoms with van der Waals surface area (Å²) in [6, 6.07) is 5.12. The average Bonchev–Trinajstić information content (AvgIpc) is 3.49. The fraction of sp³-hybridized carbons (Fsp3) is 0.667. The number of hydrogen-bond acceptors (Lipinski definition) is 5. The maximum atomic E-state index is 14.2. The van der Waals surface area contributed by atoms with Crippen LogP contribution in [0.25, 0.3) is 0 Å². The highest BCUT2D eigenvalue weighted by Crippen LogP contribution is 2.50. The maximum absolute atomic E-state index is 14.2. The normalized spacial score (nSPS) is 24.5. The highest BCUT2D eigenvalue weighted by Gasteiger charge is 2.55. The minimum Gasteiger partial charge on any atom is -0.450 e. The lowest BCUT2D eigenvalue weighted by molar-refractivity contribution is -0.128. The third-order valence-electron chi connectivity index (χ3n) is 7.91. The Hall–Kier alpha value is -2.19.